The van der Waals surface area contributed by atoms with E-state index in [1.54, 1.807) is 0 Å². The van der Waals surface area contributed by atoms with Crippen LogP contribution in [-0.2, 0) is 19.0 Å². The average molecular weight is 246 g/mol. The number of carbonyl (C=O) groups excluding carboxylic acids is 1. The molecule has 0 bridgehead atoms. The first-order valence-electron chi connectivity index (χ1n) is 6.03. The molecule has 0 spiro atoms. The van der Waals surface area contributed by atoms with E-state index in [9.17, 15) is 4.79 Å². The first-order chi connectivity index (χ1) is 7.93. The fourth-order valence-electron chi connectivity index (χ4n) is 2.05. The third kappa shape index (κ3) is 5.48. The van der Waals surface area contributed by atoms with Crippen LogP contribution in [-0.4, -0.2) is 42.3 Å². The smallest absolute Gasteiger partial charge is 0.302 e. The van der Waals surface area contributed by atoms with E-state index < -0.39 is 5.79 Å². The van der Waals surface area contributed by atoms with Gasteiger partial charge in [0.05, 0.1) is 18.8 Å². The number of rotatable bonds is 5. The Hall–Kier alpha value is -0.650. The summed E-state index contributed by atoms with van der Waals surface area (Å²) in [5.41, 5.74) is 0. The molecule has 5 nitrogen and oxygen atoms in total. The summed E-state index contributed by atoms with van der Waals surface area (Å²) < 4.78 is 16.3. The van der Waals surface area contributed by atoms with Crippen molar-refractivity contribution in [2.75, 3.05) is 13.2 Å². The zero-order valence-corrected chi connectivity index (χ0v) is 10.8. The average Bonchev–Trinajstić information content (AvgIpc) is 2.14. The second-order valence-electron chi connectivity index (χ2n) is 4.76. The molecule has 0 amide bonds. The molecule has 0 aromatic rings. The predicted octanol–water partition coefficient (Wildman–Crippen LogP) is 1.23. The van der Waals surface area contributed by atoms with Crippen LogP contribution in [0.2, 0.25) is 0 Å². The predicted molar refractivity (Wildman–Crippen MR) is 61.4 cm³/mol. The number of hydrogen-bond acceptors (Lipinski definition) is 5. The number of aliphatic hydroxyl groups is 1. The van der Waals surface area contributed by atoms with Crippen molar-refractivity contribution in [2.24, 2.45) is 0 Å². The Morgan fingerprint density at radius 3 is 2.47 bits per heavy atom. The van der Waals surface area contributed by atoms with Gasteiger partial charge in [-0.3, -0.25) is 4.79 Å². The molecule has 0 radical (unpaired) electrons. The molecule has 17 heavy (non-hydrogen) atoms. The summed E-state index contributed by atoms with van der Waals surface area (Å²) in [6.07, 6.45) is 2.01. The van der Waals surface area contributed by atoms with Gasteiger partial charge in [0.15, 0.2) is 5.79 Å². The zero-order valence-electron chi connectivity index (χ0n) is 10.8. The third-order valence-electron chi connectivity index (χ3n) is 2.62. The van der Waals surface area contributed by atoms with Crippen LogP contribution in [0.4, 0.5) is 0 Å². The molecule has 1 N–H and O–H groups in total. The Kier molecular flexibility index (Phi) is 5.36. The van der Waals surface area contributed by atoms with Crippen LogP contribution in [0.25, 0.3) is 0 Å². The lowest BCUT2D eigenvalue weighted by molar-refractivity contribution is -0.302. The SMILES string of the molecule is CC(=O)OCC[C@@H]1C[C@H](CCO)OC(C)(C)O1. The van der Waals surface area contributed by atoms with Gasteiger partial charge in [-0.15, -0.1) is 0 Å². The van der Waals surface area contributed by atoms with E-state index in [4.69, 9.17) is 19.3 Å². The maximum atomic E-state index is 10.7. The lowest BCUT2D eigenvalue weighted by Gasteiger charge is -2.40. The monoisotopic (exact) mass is 246 g/mol. The Morgan fingerprint density at radius 2 is 1.94 bits per heavy atom. The Labute approximate surface area is 102 Å². The molecule has 100 valence electrons. The molecule has 1 heterocycles. The summed E-state index contributed by atoms with van der Waals surface area (Å²) in [4.78, 5) is 10.7. The van der Waals surface area contributed by atoms with E-state index in [1.807, 2.05) is 13.8 Å². The quantitative estimate of drug-likeness (QED) is 0.739. The van der Waals surface area contributed by atoms with Crippen molar-refractivity contribution in [2.45, 2.75) is 58.0 Å². The van der Waals surface area contributed by atoms with Crippen LogP contribution in [0.1, 0.15) is 40.0 Å². The van der Waals surface area contributed by atoms with Crippen molar-refractivity contribution in [3.05, 3.63) is 0 Å². The molecule has 1 saturated heterocycles. The van der Waals surface area contributed by atoms with Crippen molar-refractivity contribution in [3.8, 4) is 0 Å². The van der Waals surface area contributed by atoms with Crippen LogP contribution in [0.3, 0.4) is 0 Å². The first kappa shape index (κ1) is 14.4. The number of esters is 1. The third-order valence-corrected chi connectivity index (χ3v) is 2.62. The maximum Gasteiger partial charge on any atom is 0.302 e. The van der Waals surface area contributed by atoms with Crippen molar-refractivity contribution in [1.29, 1.82) is 0 Å². The Bertz CT molecular complexity index is 251. The number of ether oxygens (including phenoxy) is 3. The van der Waals surface area contributed by atoms with Crippen molar-refractivity contribution < 1.29 is 24.1 Å². The van der Waals surface area contributed by atoms with Crippen LogP contribution >= 0.6 is 0 Å². The van der Waals surface area contributed by atoms with Gasteiger partial charge in [0, 0.05) is 26.4 Å². The summed E-state index contributed by atoms with van der Waals surface area (Å²) in [6, 6.07) is 0. The number of carbonyl (C=O) groups is 1. The van der Waals surface area contributed by atoms with E-state index in [-0.39, 0.29) is 24.8 Å². The topological polar surface area (TPSA) is 65.0 Å². The van der Waals surface area contributed by atoms with Crippen LogP contribution in [0, 0.1) is 0 Å². The molecule has 1 aliphatic heterocycles. The fourth-order valence-corrected chi connectivity index (χ4v) is 2.05. The van der Waals surface area contributed by atoms with E-state index in [0.29, 0.717) is 19.4 Å². The minimum atomic E-state index is -0.640. The molecule has 5 heteroatoms. The Balaban J connectivity index is 2.40. The highest BCUT2D eigenvalue weighted by Gasteiger charge is 2.34. The van der Waals surface area contributed by atoms with Gasteiger partial charge in [-0.2, -0.15) is 0 Å². The van der Waals surface area contributed by atoms with Crippen LogP contribution in [0.5, 0.6) is 0 Å². The second kappa shape index (κ2) is 6.33. The summed E-state index contributed by atoms with van der Waals surface area (Å²) in [5.74, 6) is -0.915. The molecule has 2 atom stereocenters. The van der Waals surface area contributed by atoms with Gasteiger partial charge in [-0.1, -0.05) is 0 Å². The van der Waals surface area contributed by atoms with Crippen molar-refractivity contribution >= 4 is 5.97 Å². The molecule has 0 unspecified atom stereocenters. The van der Waals surface area contributed by atoms with Gasteiger partial charge in [0.2, 0.25) is 0 Å². The lowest BCUT2D eigenvalue weighted by atomic mass is 10.0. The second-order valence-corrected chi connectivity index (χ2v) is 4.76. The van der Waals surface area contributed by atoms with E-state index in [2.05, 4.69) is 0 Å². The van der Waals surface area contributed by atoms with Gasteiger partial charge in [0.1, 0.15) is 0 Å². The number of aliphatic hydroxyl groups excluding tert-OH is 1. The summed E-state index contributed by atoms with van der Waals surface area (Å²) in [5, 5.41) is 8.93. The minimum Gasteiger partial charge on any atom is -0.466 e. The maximum absolute atomic E-state index is 10.7. The van der Waals surface area contributed by atoms with Gasteiger partial charge in [0.25, 0.3) is 0 Å². The highest BCUT2D eigenvalue weighted by Crippen LogP contribution is 2.29. The van der Waals surface area contributed by atoms with Crippen molar-refractivity contribution in [3.63, 3.8) is 0 Å². The molecule has 1 aliphatic rings. The largest absolute Gasteiger partial charge is 0.466 e. The summed E-state index contributed by atoms with van der Waals surface area (Å²) >= 11 is 0. The standard InChI is InChI=1S/C12H22O5/c1-9(14)15-7-5-11-8-10(4-6-13)16-12(2,3)17-11/h10-11,13H,4-8H2,1-3H3/t10-,11+/m0/s1. The highest BCUT2D eigenvalue weighted by molar-refractivity contribution is 5.65. The van der Waals surface area contributed by atoms with E-state index in [0.717, 1.165) is 6.42 Å². The number of hydrogen-bond donors (Lipinski definition) is 1. The lowest BCUT2D eigenvalue weighted by Crippen LogP contribution is -2.45. The molecule has 0 saturated carbocycles. The van der Waals surface area contributed by atoms with Gasteiger partial charge < -0.3 is 19.3 Å². The molecule has 1 rings (SSSR count). The summed E-state index contributed by atoms with van der Waals surface area (Å²) in [7, 11) is 0. The summed E-state index contributed by atoms with van der Waals surface area (Å²) in [6.45, 7) is 5.58. The molecule has 0 aromatic carbocycles. The molecular formula is C12H22O5. The first-order valence-corrected chi connectivity index (χ1v) is 6.03. The normalized spacial score (nSPS) is 27.8. The van der Waals surface area contributed by atoms with Crippen molar-refractivity contribution in [1.82, 2.24) is 0 Å². The Morgan fingerprint density at radius 1 is 1.35 bits per heavy atom. The fraction of sp³-hybridized carbons (Fsp3) is 0.917. The highest BCUT2D eigenvalue weighted by atomic mass is 16.7. The van der Waals surface area contributed by atoms with E-state index >= 15 is 0 Å². The van der Waals surface area contributed by atoms with Crippen LogP contribution in [0.15, 0.2) is 0 Å². The van der Waals surface area contributed by atoms with Gasteiger partial charge in [-0.25, -0.2) is 0 Å². The zero-order chi connectivity index (χ0) is 12.9. The van der Waals surface area contributed by atoms with Gasteiger partial charge >= 0.3 is 5.97 Å². The molecule has 0 aliphatic carbocycles. The molecular weight excluding hydrogens is 224 g/mol. The molecule has 0 aromatic heterocycles. The van der Waals surface area contributed by atoms with E-state index in [1.165, 1.54) is 6.92 Å². The molecule has 1 fully saturated rings. The van der Waals surface area contributed by atoms with Gasteiger partial charge in [-0.05, 0) is 20.3 Å². The van der Waals surface area contributed by atoms with Crippen LogP contribution < -0.4 is 0 Å². The minimum absolute atomic E-state index is 0.00563.